The predicted octanol–water partition coefficient (Wildman–Crippen LogP) is 17.0. The van der Waals surface area contributed by atoms with Gasteiger partial charge in [0.2, 0.25) is 0 Å². The van der Waals surface area contributed by atoms with Crippen LogP contribution < -0.4 is 0 Å². The number of hydrogen-bond acceptors (Lipinski definition) is 6. The number of hydrogen-bond donors (Lipinski definition) is 0. The molecule has 1 atom stereocenters. The standard InChI is InChI=1S/C57H94O6/c1-4-7-10-13-16-19-22-25-27-28-30-32-35-38-41-44-47-50-56(59)62-53-54(52-61-55(58)49-46-43-40-37-34-31-24-21-18-15-12-9-6-3)63-57(60)51-48-45-42-39-36-33-29-26-23-20-17-14-11-8-5-2/h9,12,15-21,23-27,31,34,54H,4-8,10-11,13-14,22,28-30,32-33,35-53H2,1-3H3/b12-9-,18-15-,19-16-,20-17-,24-21-,26-23-,27-25-,34-31-. The van der Waals surface area contributed by atoms with Crippen molar-refractivity contribution < 1.29 is 28.6 Å². The molecule has 358 valence electrons. The Morgan fingerprint density at radius 3 is 1.13 bits per heavy atom. The van der Waals surface area contributed by atoms with Gasteiger partial charge in [0.15, 0.2) is 6.10 Å². The van der Waals surface area contributed by atoms with Crippen LogP contribution in [-0.4, -0.2) is 37.2 Å². The largest absolute Gasteiger partial charge is 0.462 e. The second kappa shape index (κ2) is 51.0. The highest BCUT2D eigenvalue weighted by Crippen LogP contribution is 2.13. The molecule has 0 fully saturated rings. The van der Waals surface area contributed by atoms with Crippen molar-refractivity contribution in [3.8, 4) is 0 Å². The predicted molar refractivity (Wildman–Crippen MR) is 270 cm³/mol. The van der Waals surface area contributed by atoms with Crippen molar-refractivity contribution in [1.29, 1.82) is 0 Å². The van der Waals surface area contributed by atoms with Crippen LogP contribution in [0.3, 0.4) is 0 Å². The minimum atomic E-state index is -0.804. The molecule has 0 aliphatic heterocycles. The van der Waals surface area contributed by atoms with Gasteiger partial charge in [0.25, 0.3) is 0 Å². The summed E-state index contributed by atoms with van der Waals surface area (Å²) in [5, 5.41) is 0. The molecule has 0 saturated carbocycles. The molecule has 0 aliphatic rings. The van der Waals surface area contributed by atoms with Gasteiger partial charge in [-0.1, -0.05) is 208 Å². The van der Waals surface area contributed by atoms with E-state index in [-0.39, 0.29) is 31.1 Å². The highest BCUT2D eigenvalue weighted by atomic mass is 16.6. The second-order valence-corrected chi connectivity index (χ2v) is 16.8. The van der Waals surface area contributed by atoms with E-state index in [9.17, 15) is 14.4 Å². The van der Waals surface area contributed by atoms with Gasteiger partial charge >= 0.3 is 17.9 Å². The molecule has 0 saturated heterocycles. The van der Waals surface area contributed by atoms with E-state index in [4.69, 9.17) is 14.2 Å². The summed E-state index contributed by atoms with van der Waals surface area (Å²) >= 11 is 0. The molecule has 0 aromatic rings. The maximum atomic E-state index is 12.8. The summed E-state index contributed by atoms with van der Waals surface area (Å²) in [5.41, 5.74) is 0. The first-order chi connectivity index (χ1) is 31.0. The summed E-state index contributed by atoms with van der Waals surface area (Å²) < 4.78 is 16.7. The monoisotopic (exact) mass is 875 g/mol. The molecule has 1 unspecified atom stereocenters. The molecule has 0 aliphatic carbocycles. The molecule has 0 aromatic carbocycles. The third kappa shape index (κ3) is 49.2. The molecule has 0 N–H and O–H groups in total. The zero-order chi connectivity index (χ0) is 45.8. The van der Waals surface area contributed by atoms with E-state index in [0.29, 0.717) is 19.3 Å². The van der Waals surface area contributed by atoms with Gasteiger partial charge in [-0.25, -0.2) is 0 Å². The third-order valence-corrected chi connectivity index (χ3v) is 10.7. The lowest BCUT2D eigenvalue weighted by atomic mass is 10.1. The molecule has 0 radical (unpaired) electrons. The van der Waals surface area contributed by atoms with Gasteiger partial charge < -0.3 is 14.2 Å². The smallest absolute Gasteiger partial charge is 0.306 e. The number of carbonyl (C=O) groups excluding carboxylic acids is 3. The van der Waals surface area contributed by atoms with Crippen LogP contribution in [-0.2, 0) is 28.6 Å². The summed E-state index contributed by atoms with van der Waals surface area (Å²) in [4.78, 5) is 38.0. The van der Waals surface area contributed by atoms with Crippen molar-refractivity contribution in [3.63, 3.8) is 0 Å². The minimum absolute atomic E-state index is 0.101. The van der Waals surface area contributed by atoms with Gasteiger partial charge in [-0.3, -0.25) is 14.4 Å². The summed E-state index contributed by atoms with van der Waals surface area (Å²) in [6.45, 7) is 6.38. The van der Waals surface area contributed by atoms with Gasteiger partial charge in [0, 0.05) is 19.3 Å². The van der Waals surface area contributed by atoms with E-state index in [1.54, 1.807) is 0 Å². The number of carbonyl (C=O) groups is 3. The number of ether oxygens (including phenoxy) is 3. The average molecular weight is 875 g/mol. The highest BCUT2D eigenvalue weighted by molar-refractivity contribution is 5.71. The lowest BCUT2D eigenvalue weighted by Gasteiger charge is -2.18. The summed E-state index contributed by atoms with van der Waals surface area (Å²) in [6.07, 6.45) is 66.7. The highest BCUT2D eigenvalue weighted by Gasteiger charge is 2.19. The van der Waals surface area contributed by atoms with Gasteiger partial charge in [0.05, 0.1) is 0 Å². The first kappa shape index (κ1) is 59.3. The van der Waals surface area contributed by atoms with Crippen LogP contribution in [0.15, 0.2) is 97.2 Å². The lowest BCUT2D eigenvalue weighted by molar-refractivity contribution is -0.167. The first-order valence-electron chi connectivity index (χ1n) is 25.8. The van der Waals surface area contributed by atoms with Crippen LogP contribution in [0.1, 0.15) is 226 Å². The van der Waals surface area contributed by atoms with Gasteiger partial charge in [0.1, 0.15) is 13.2 Å². The lowest BCUT2D eigenvalue weighted by Crippen LogP contribution is -2.30. The number of esters is 3. The SMILES string of the molecule is CC\C=C/C=C\C=C/C=C\CCCCCC(=O)OCC(COC(=O)CCCCCCCCC/C=C\C/C=C\CCCCC)OC(=O)CCCCCCCC/C=C\C=C/CCCCC. The normalized spacial score (nSPS) is 12.9. The van der Waals surface area contributed by atoms with Crippen molar-refractivity contribution in [2.75, 3.05) is 13.2 Å². The van der Waals surface area contributed by atoms with E-state index in [0.717, 1.165) is 96.3 Å². The van der Waals surface area contributed by atoms with Crippen LogP contribution in [0.5, 0.6) is 0 Å². The van der Waals surface area contributed by atoms with E-state index >= 15 is 0 Å². The van der Waals surface area contributed by atoms with Crippen LogP contribution in [0, 0.1) is 0 Å². The quantitative estimate of drug-likeness (QED) is 0.0199. The zero-order valence-electron chi connectivity index (χ0n) is 40.8. The fourth-order valence-electron chi connectivity index (χ4n) is 6.77. The molecule has 0 spiro atoms. The van der Waals surface area contributed by atoms with E-state index in [2.05, 4.69) is 81.5 Å². The van der Waals surface area contributed by atoms with Gasteiger partial charge in [-0.2, -0.15) is 0 Å². The third-order valence-electron chi connectivity index (χ3n) is 10.7. The Hall–Kier alpha value is -3.67. The Labute approximate surface area is 387 Å². The molecule has 0 aromatic heterocycles. The Balaban J connectivity index is 4.47. The van der Waals surface area contributed by atoms with E-state index in [1.165, 1.54) is 89.9 Å². The topological polar surface area (TPSA) is 78.9 Å². The Kier molecular flexibility index (Phi) is 48.0. The number of allylic oxidation sites excluding steroid dienone is 16. The van der Waals surface area contributed by atoms with Crippen molar-refractivity contribution in [3.05, 3.63) is 97.2 Å². The van der Waals surface area contributed by atoms with Crippen LogP contribution in [0.2, 0.25) is 0 Å². The molecular weight excluding hydrogens is 781 g/mol. The number of rotatable bonds is 45. The average Bonchev–Trinajstić information content (AvgIpc) is 3.28. The summed E-state index contributed by atoms with van der Waals surface area (Å²) in [7, 11) is 0. The van der Waals surface area contributed by atoms with Crippen LogP contribution in [0.4, 0.5) is 0 Å². The van der Waals surface area contributed by atoms with E-state index in [1.807, 2.05) is 36.5 Å². The van der Waals surface area contributed by atoms with Crippen molar-refractivity contribution in [2.45, 2.75) is 232 Å². The van der Waals surface area contributed by atoms with Crippen molar-refractivity contribution in [1.82, 2.24) is 0 Å². The molecule has 63 heavy (non-hydrogen) atoms. The molecule has 0 heterocycles. The molecule has 0 bridgehead atoms. The molecule has 0 amide bonds. The number of unbranched alkanes of at least 4 members (excludes halogenated alkanes) is 22. The van der Waals surface area contributed by atoms with E-state index < -0.39 is 6.10 Å². The molecule has 0 rings (SSSR count). The van der Waals surface area contributed by atoms with Crippen molar-refractivity contribution in [2.24, 2.45) is 0 Å². The Morgan fingerprint density at radius 2 is 0.683 bits per heavy atom. The van der Waals surface area contributed by atoms with Crippen LogP contribution >= 0.6 is 0 Å². The summed E-state index contributed by atoms with van der Waals surface area (Å²) in [5.74, 6) is -0.963. The maximum Gasteiger partial charge on any atom is 0.306 e. The Bertz CT molecular complexity index is 1280. The molecular formula is C57H94O6. The fourth-order valence-corrected chi connectivity index (χ4v) is 6.77. The summed E-state index contributed by atoms with van der Waals surface area (Å²) in [6, 6.07) is 0. The molecule has 6 heteroatoms. The van der Waals surface area contributed by atoms with Crippen LogP contribution in [0.25, 0.3) is 0 Å². The maximum absolute atomic E-state index is 12.8. The van der Waals surface area contributed by atoms with Gasteiger partial charge in [-0.15, -0.1) is 0 Å². The van der Waals surface area contributed by atoms with Crippen molar-refractivity contribution >= 4 is 17.9 Å². The Morgan fingerprint density at radius 1 is 0.349 bits per heavy atom. The second-order valence-electron chi connectivity index (χ2n) is 16.8. The van der Waals surface area contributed by atoms with Gasteiger partial charge in [-0.05, 0) is 96.3 Å². The fraction of sp³-hybridized carbons (Fsp3) is 0.667. The minimum Gasteiger partial charge on any atom is -0.462 e. The molecule has 6 nitrogen and oxygen atoms in total. The zero-order valence-corrected chi connectivity index (χ0v) is 40.8. The first-order valence-corrected chi connectivity index (χ1v) is 25.8.